The lowest BCUT2D eigenvalue weighted by atomic mass is 9.78. The fourth-order valence-corrected chi connectivity index (χ4v) is 2.70. The smallest absolute Gasteiger partial charge is 0.270 e. The van der Waals surface area contributed by atoms with Crippen molar-refractivity contribution in [2.24, 2.45) is 11.8 Å². The minimum atomic E-state index is -0.0374. The number of hydrogen-bond donors (Lipinski definition) is 1. The SMILES string of the molecule is Cc1cccc(C(=O)NC2CCCC(C)C2C)n1. The van der Waals surface area contributed by atoms with Gasteiger partial charge in [-0.25, -0.2) is 4.98 Å². The van der Waals surface area contributed by atoms with Crippen LogP contribution in [0.4, 0.5) is 0 Å². The lowest BCUT2D eigenvalue weighted by Gasteiger charge is -2.34. The Bertz CT molecular complexity index is 430. The topological polar surface area (TPSA) is 42.0 Å². The third-order valence-electron chi connectivity index (χ3n) is 4.14. The monoisotopic (exact) mass is 246 g/mol. The molecule has 1 aromatic heterocycles. The zero-order chi connectivity index (χ0) is 13.1. The number of nitrogens with one attached hydrogen (secondary N) is 1. The first kappa shape index (κ1) is 13.1. The molecular weight excluding hydrogens is 224 g/mol. The first-order chi connectivity index (χ1) is 8.58. The summed E-state index contributed by atoms with van der Waals surface area (Å²) in [5, 5.41) is 3.14. The van der Waals surface area contributed by atoms with Crippen molar-refractivity contribution in [3.63, 3.8) is 0 Å². The average molecular weight is 246 g/mol. The van der Waals surface area contributed by atoms with Crippen LogP contribution in [0.3, 0.4) is 0 Å². The molecule has 1 heterocycles. The van der Waals surface area contributed by atoms with E-state index in [1.54, 1.807) is 6.07 Å². The standard InChI is InChI=1S/C15H22N2O/c1-10-6-4-8-13(12(10)3)17-15(18)14-9-5-7-11(2)16-14/h5,7,9-10,12-13H,4,6,8H2,1-3H3,(H,17,18). The summed E-state index contributed by atoms with van der Waals surface area (Å²) in [4.78, 5) is 16.4. The third-order valence-corrected chi connectivity index (χ3v) is 4.14. The summed E-state index contributed by atoms with van der Waals surface area (Å²) >= 11 is 0. The largest absolute Gasteiger partial charge is 0.348 e. The summed E-state index contributed by atoms with van der Waals surface area (Å²) in [7, 11) is 0. The highest BCUT2D eigenvalue weighted by Crippen LogP contribution is 2.29. The second kappa shape index (κ2) is 5.51. The average Bonchev–Trinajstić information content (AvgIpc) is 2.35. The zero-order valence-corrected chi connectivity index (χ0v) is 11.4. The van der Waals surface area contributed by atoms with Crippen LogP contribution in [-0.2, 0) is 0 Å². The Labute approximate surface area is 109 Å². The van der Waals surface area contributed by atoms with E-state index in [2.05, 4.69) is 24.1 Å². The molecule has 1 saturated carbocycles. The minimum absolute atomic E-state index is 0.0374. The Morgan fingerprint density at radius 3 is 2.83 bits per heavy atom. The van der Waals surface area contributed by atoms with Gasteiger partial charge in [0.1, 0.15) is 5.69 Å². The molecule has 1 amide bonds. The molecule has 0 spiro atoms. The van der Waals surface area contributed by atoms with Crippen molar-refractivity contribution in [3.05, 3.63) is 29.6 Å². The van der Waals surface area contributed by atoms with Crippen LogP contribution in [0.5, 0.6) is 0 Å². The van der Waals surface area contributed by atoms with Crippen molar-refractivity contribution >= 4 is 5.91 Å². The van der Waals surface area contributed by atoms with Crippen LogP contribution in [0.15, 0.2) is 18.2 Å². The number of aromatic nitrogens is 1. The van der Waals surface area contributed by atoms with Crippen molar-refractivity contribution < 1.29 is 4.79 Å². The van der Waals surface area contributed by atoms with Crippen LogP contribution < -0.4 is 5.32 Å². The van der Waals surface area contributed by atoms with Crippen molar-refractivity contribution in [1.29, 1.82) is 0 Å². The van der Waals surface area contributed by atoms with Crippen molar-refractivity contribution in [1.82, 2.24) is 10.3 Å². The maximum atomic E-state index is 12.1. The van der Waals surface area contributed by atoms with E-state index in [1.165, 1.54) is 12.8 Å². The Kier molecular flexibility index (Phi) is 4.00. The molecule has 3 heteroatoms. The molecule has 98 valence electrons. The summed E-state index contributed by atoms with van der Waals surface area (Å²) in [6.45, 7) is 6.41. The summed E-state index contributed by atoms with van der Waals surface area (Å²) < 4.78 is 0. The van der Waals surface area contributed by atoms with E-state index in [-0.39, 0.29) is 5.91 Å². The van der Waals surface area contributed by atoms with Gasteiger partial charge >= 0.3 is 0 Å². The van der Waals surface area contributed by atoms with E-state index in [4.69, 9.17) is 0 Å². The molecule has 1 aliphatic carbocycles. The van der Waals surface area contributed by atoms with Crippen molar-refractivity contribution in [3.8, 4) is 0 Å². The summed E-state index contributed by atoms with van der Waals surface area (Å²) in [6, 6.07) is 5.86. The van der Waals surface area contributed by atoms with Crippen molar-refractivity contribution in [2.75, 3.05) is 0 Å². The quantitative estimate of drug-likeness (QED) is 0.871. The van der Waals surface area contributed by atoms with Crippen LogP contribution >= 0.6 is 0 Å². The normalized spacial score (nSPS) is 27.8. The van der Waals surface area contributed by atoms with Gasteiger partial charge in [-0.1, -0.05) is 32.8 Å². The van der Waals surface area contributed by atoms with E-state index < -0.39 is 0 Å². The fraction of sp³-hybridized carbons (Fsp3) is 0.600. The molecule has 0 bridgehead atoms. The van der Waals surface area contributed by atoms with Gasteiger partial charge < -0.3 is 5.32 Å². The first-order valence-corrected chi connectivity index (χ1v) is 6.82. The van der Waals surface area contributed by atoms with Gasteiger partial charge in [-0.2, -0.15) is 0 Å². The van der Waals surface area contributed by atoms with E-state index in [9.17, 15) is 4.79 Å². The van der Waals surface area contributed by atoms with Gasteiger partial charge in [0.2, 0.25) is 0 Å². The molecule has 0 aromatic carbocycles. The van der Waals surface area contributed by atoms with E-state index in [1.807, 2.05) is 19.1 Å². The summed E-state index contributed by atoms with van der Waals surface area (Å²) in [6.07, 6.45) is 3.57. The molecule has 1 fully saturated rings. The fourth-order valence-electron chi connectivity index (χ4n) is 2.70. The van der Waals surface area contributed by atoms with Crippen LogP contribution in [0.1, 0.15) is 49.3 Å². The molecule has 18 heavy (non-hydrogen) atoms. The number of pyridine rings is 1. The van der Waals surface area contributed by atoms with Gasteiger partial charge in [-0.3, -0.25) is 4.79 Å². The molecule has 2 rings (SSSR count). The van der Waals surface area contributed by atoms with Gasteiger partial charge in [0, 0.05) is 11.7 Å². The van der Waals surface area contributed by atoms with E-state index in [0.717, 1.165) is 12.1 Å². The molecule has 3 nitrogen and oxygen atoms in total. The number of amides is 1. The van der Waals surface area contributed by atoms with Crippen LogP contribution in [0, 0.1) is 18.8 Å². The zero-order valence-electron chi connectivity index (χ0n) is 11.4. The highest BCUT2D eigenvalue weighted by atomic mass is 16.1. The number of aryl methyl sites for hydroxylation is 1. The molecule has 0 aliphatic heterocycles. The Hall–Kier alpha value is -1.38. The molecular formula is C15H22N2O. The number of carbonyl (C=O) groups is 1. The Morgan fingerprint density at radius 1 is 1.33 bits per heavy atom. The predicted molar refractivity (Wildman–Crippen MR) is 72.4 cm³/mol. The number of hydrogen-bond acceptors (Lipinski definition) is 2. The lowest BCUT2D eigenvalue weighted by Crippen LogP contribution is -2.43. The van der Waals surface area contributed by atoms with E-state index >= 15 is 0 Å². The Balaban J connectivity index is 2.03. The molecule has 0 radical (unpaired) electrons. The predicted octanol–water partition coefficient (Wildman–Crippen LogP) is 2.94. The number of rotatable bonds is 2. The highest BCUT2D eigenvalue weighted by Gasteiger charge is 2.28. The summed E-state index contributed by atoms with van der Waals surface area (Å²) in [5.41, 5.74) is 1.41. The van der Waals surface area contributed by atoms with Gasteiger partial charge in [-0.05, 0) is 37.3 Å². The Morgan fingerprint density at radius 2 is 2.11 bits per heavy atom. The van der Waals surface area contributed by atoms with Gasteiger partial charge in [0.15, 0.2) is 0 Å². The molecule has 1 aromatic rings. The van der Waals surface area contributed by atoms with Gasteiger partial charge in [-0.15, -0.1) is 0 Å². The minimum Gasteiger partial charge on any atom is -0.348 e. The van der Waals surface area contributed by atoms with Crippen LogP contribution in [0.2, 0.25) is 0 Å². The number of carbonyl (C=O) groups excluding carboxylic acids is 1. The van der Waals surface area contributed by atoms with Crippen molar-refractivity contribution in [2.45, 2.75) is 46.1 Å². The highest BCUT2D eigenvalue weighted by molar-refractivity contribution is 5.92. The summed E-state index contributed by atoms with van der Waals surface area (Å²) in [5.74, 6) is 1.20. The van der Waals surface area contributed by atoms with Crippen LogP contribution in [-0.4, -0.2) is 16.9 Å². The third kappa shape index (κ3) is 2.89. The maximum Gasteiger partial charge on any atom is 0.270 e. The van der Waals surface area contributed by atoms with Gasteiger partial charge in [0.05, 0.1) is 0 Å². The lowest BCUT2D eigenvalue weighted by molar-refractivity contribution is 0.0886. The maximum absolute atomic E-state index is 12.1. The molecule has 1 aliphatic rings. The molecule has 0 saturated heterocycles. The van der Waals surface area contributed by atoms with Crippen LogP contribution in [0.25, 0.3) is 0 Å². The molecule has 3 atom stereocenters. The number of nitrogens with zero attached hydrogens (tertiary/aromatic N) is 1. The van der Waals surface area contributed by atoms with E-state index in [0.29, 0.717) is 23.6 Å². The first-order valence-electron chi connectivity index (χ1n) is 6.82. The molecule has 1 N–H and O–H groups in total. The second-order valence-electron chi connectivity index (χ2n) is 5.51. The van der Waals surface area contributed by atoms with Gasteiger partial charge in [0.25, 0.3) is 5.91 Å². The molecule has 3 unspecified atom stereocenters. The second-order valence-corrected chi connectivity index (χ2v) is 5.51.